The minimum atomic E-state index is 0.0282. The molecule has 2 aromatic carbocycles. The molecule has 0 fully saturated rings. The lowest BCUT2D eigenvalue weighted by Crippen LogP contribution is -2.35. The van der Waals surface area contributed by atoms with Gasteiger partial charge in [0.25, 0.3) is 5.91 Å². The van der Waals surface area contributed by atoms with Crippen LogP contribution in [0.3, 0.4) is 0 Å². The minimum Gasteiger partial charge on any atom is -0.307 e. The fraction of sp³-hybridized carbons (Fsp3) is 0.200. The maximum atomic E-state index is 13.2. The van der Waals surface area contributed by atoms with Gasteiger partial charge in [-0.1, -0.05) is 48.0 Å². The zero-order valence-corrected chi connectivity index (χ0v) is 15.4. The summed E-state index contributed by atoms with van der Waals surface area (Å²) in [5, 5.41) is 1.44. The first-order chi connectivity index (χ1) is 12.1. The van der Waals surface area contributed by atoms with Crippen molar-refractivity contribution >= 4 is 34.5 Å². The van der Waals surface area contributed by atoms with Gasteiger partial charge in [0, 0.05) is 17.8 Å². The van der Waals surface area contributed by atoms with Gasteiger partial charge in [-0.25, -0.2) is 4.98 Å². The summed E-state index contributed by atoms with van der Waals surface area (Å²) in [6, 6.07) is 15.7. The molecule has 0 unspecified atom stereocenters. The molecule has 0 N–H and O–H groups in total. The summed E-state index contributed by atoms with van der Waals surface area (Å²) in [6.07, 6.45) is 2.00. The van der Waals surface area contributed by atoms with Crippen molar-refractivity contribution in [2.75, 3.05) is 11.4 Å². The molecular formula is C20H17ClN2OS. The van der Waals surface area contributed by atoms with Gasteiger partial charge < -0.3 is 4.90 Å². The second-order valence-corrected chi connectivity index (χ2v) is 7.51. The number of hydrogen-bond acceptors (Lipinski definition) is 3. The SMILES string of the molecule is Cc1nc(-c2ccccc2Cl)sc1C(=O)N1CCCc2ccccc21. The van der Waals surface area contributed by atoms with E-state index in [1.54, 1.807) is 0 Å². The highest BCUT2D eigenvalue weighted by molar-refractivity contribution is 7.17. The first kappa shape index (κ1) is 16.3. The fourth-order valence-electron chi connectivity index (χ4n) is 3.21. The van der Waals surface area contributed by atoms with Crippen LogP contribution in [0.5, 0.6) is 0 Å². The van der Waals surface area contributed by atoms with E-state index >= 15 is 0 Å². The zero-order chi connectivity index (χ0) is 17.4. The third-order valence-corrected chi connectivity index (χ3v) is 5.96. The molecule has 1 aliphatic heterocycles. The van der Waals surface area contributed by atoms with Crippen molar-refractivity contribution in [3.63, 3.8) is 0 Å². The minimum absolute atomic E-state index is 0.0282. The molecule has 0 atom stereocenters. The number of aryl methyl sites for hydroxylation is 2. The molecule has 2 heterocycles. The number of carbonyl (C=O) groups excluding carboxylic acids is 1. The van der Waals surface area contributed by atoms with Crippen LogP contribution in [0.2, 0.25) is 5.02 Å². The van der Waals surface area contributed by atoms with Crippen LogP contribution in [0.15, 0.2) is 48.5 Å². The van der Waals surface area contributed by atoms with Gasteiger partial charge in [0.05, 0.1) is 10.7 Å². The molecular weight excluding hydrogens is 352 g/mol. The first-order valence-electron chi connectivity index (χ1n) is 8.27. The van der Waals surface area contributed by atoms with Crippen molar-refractivity contribution < 1.29 is 4.79 Å². The lowest BCUT2D eigenvalue weighted by molar-refractivity contribution is 0.0988. The van der Waals surface area contributed by atoms with Gasteiger partial charge in [-0.2, -0.15) is 0 Å². The summed E-state index contributed by atoms with van der Waals surface area (Å²) >= 11 is 7.70. The number of anilines is 1. The number of aromatic nitrogens is 1. The van der Waals surface area contributed by atoms with Crippen LogP contribution in [-0.2, 0) is 6.42 Å². The van der Waals surface area contributed by atoms with Gasteiger partial charge in [-0.3, -0.25) is 4.79 Å². The third kappa shape index (κ3) is 2.96. The fourth-order valence-corrected chi connectivity index (χ4v) is 4.55. The zero-order valence-electron chi connectivity index (χ0n) is 13.8. The molecule has 4 rings (SSSR count). The number of amides is 1. The van der Waals surface area contributed by atoms with Crippen molar-refractivity contribution in [1.29, 1.82) is 0 Å². The molecule has 3 nitrogen and oxygen atoms in total. The first-order valence-corrected chi connectivity index (χ1v) is 9.46. The van der Waals surface area contributed by atoms with Crippen LogP contribution in [0.4, 0.5) is 5.69 Å². The molecule has 25 heavy (non-hydrogen) atoms. The van der Waals surface area contributed by atoms with Gasteiger partial charge in [0.1, 0.15) is 9.88 Å². The summed E-state index contributed by atoms with van der Waals surface area (Å²) in [4.78, 5) is 20.3. The number of para-hydroxylation sites is 1. The number of hydrogen-bond donors (Lipinski definition) is 0. The second kappa shape index (κ2) is 6.62. The Morgan fingerprint density at radius 1 is 1.16 bits per heavy atom. The highest BCUT2D eigenvalue weighted by atomic mass is 35.5. The van der Waals surface area contributed by atoms with Crippen molar-refractivity contribution in [3.05, 3.63) is 69.7 Å². The van der Waals surface area contributed by atoms with Gasteiger partial charge in [0.15, 0.2) is 0 Å². The summed E-state index contributed by atoms with van der Waals surface area (Å²) in [6.45, 7) is 2.63. The molecule has 1 aliphatic rings. The van der Waals surface area contributed by atoms with Gasteiger partial charge >= 0.3 is 0 Å². The monoisotopic (exact) mass is 368 g/mol. The average Bonchev–Trinajstić information content (AvgIpc) is 3.02. The van der Waals surface area contributed by atoms with Crippen LogP contribution in [0, 0.1) is 6.92 Å². The predicted molar refractivity (Wildman–Crippen MR) is 104 cm³/mol. The molecule has 3 aromatic rings. The van der Waals surface area contributed by atoms with Crippen LogP contribution < -0.4 is 4.90 Å². The Morgan fingerprint density at radius 3 is 2.76 bits per heavy atom. The summed E-state index contributed by atoms with van der Waals surface area (Å²) in [5.74, 6) is 0.0282. The largest absolute Gasteiger partial charge is 0.307 e. The standard InChI is InChI=1S/C20H17ClN2OS/c1-13-18(25-19(22-13)15-9-3-4-10-16(15)21)20(24)23-12-6-8-14-7-2-5-11-17(14)23/h2-5,7,9-11H,6,8,12H2,1H3. The average molecular weight is 369 g/mol. The highest BCUT2D eigenvalue weighted by Gasteiger charge is 2.27. The number of carbonyl (C=O) groups is 1. The van der Waals surface area contributed by atoms with E-state index in [1.807, 2.05) is 54.3 Å². The molecule has 126 valence electrons. The Kier molecular flexibility index (Phi) is 4.32. The highest BCUT2D eigenvalue weighted by Crippen LogP contribution is 2.35. The number of halogens is 1. The summed E-state index contributed by atoms with van der Waals surface area (Å²) < 4.78 is 0. The molecule has 0 spiro atoms. The molecule has 0 bridgehead atoms. The molecule has 1 amide bonds. The number of nitrogens with zero attached hydrogens (tertiary/aromatic N) is 2. The van der Waals surface area contributed by atoms with E-state index < -0.39 is 0 Å². The van der Waals surface area contributed by atoms with Crippen LogP contribution in [-0.4, -0.2) is 17.4 Å². The van der Waals surface area contributed by atoms with Crippen molar-refractivity contribution in [2.45, 2.75) is 19.8 Å². The van der Waals surface area contributed by atoms with Crippen LogP contribution in [0.25, 0.3) is 10.6 Å². The summed E-state index contributed by atoms with van der Waals surface area (Å²) in [5.41, 5.74) is 3.88. The Balaban J connectivity index is 1.72. The number of fused-ring (bicyclic) bond motifs is 1. The van der Waals surface area contributed by atoms with Gasteiger partial charge in [0.2, 0.25) is 0 Å². The molecule has 0 saturated carbocycles. The molecule has 5 heteroatoms. The molecule has 0 saturated heterocycles. The molecule has 0 radical (unpaired) electrons. The molecule has 1 aromatic heterocycles. The third-order valence-electron chi connectivity index (χ3n) is 4.45. The second-order valence-electron chi connectivity index (χ2n) is 6.10. The van der Waals surface area contributed by atoms with E-state index in [-0.39, 0.29) is 5.91 Å². The quantitative estimate of drug-likeness (QED) is 0.609. The van der Waals surface area contributed by atoms with E-state index in [1.165, 1.54) is 16.9 Å². The lowest BCUT2D eigenvalue weighted by atomic mass is 10.0. The Labute approximate surface area is 155 Å². The smallest absolute Gasteiger partial charge is 0.270 e. The Hall–Kier alpha value is -2.17. The summed E-state index contributed by atoms with van der Waals surface area (Å²) in [7, 11) is 0. The van der Waals surface area contributed by atoms with E-state index in [9.17, 15) is 4.79 Å². The van der Waals surface area contributed by atoms with E-state index in [4.69, 9.17) is 11.6 Å². The lowest BCUT2D eigenvalue weighted by Gasteiger charge is -2.29. The van der Waals surface area contributed by atoms with Crippen LogP contribution >= 0.6 is 22.9 Å². The molecule has 0 aliphatic carbocycles. The number of rotatable bonds is 2. The maximum Gasteiger partial charge on any atom is 0.270 e. The Bertz CT molecular complexity index is 950. The Morgan fingerprint density at radius 2 is 1.92 bits per heavy atom. The van der Waals surface area contributed by atoms with Crippen molar-refractivity contribution in [1.82, 2.24) is 4.98 Å². The maximum absolute atomic E-state index is 13.2. The van der Waals surface area contributed by atoms with E-state index in [0.29, 0.717) is 9.90 Å². The van der Waals surface area contributed by atoms with Crippen molar-refractivity contribution in [2.24, 2.45) is 0 Å². The number of thiazole rings is 1. The van der Waals surface area contributed by atoms with E-state index in [0.717, 1.165) is 41.3 Å². The number of benzene rings is 2. The predicted octanol–water partition coefficient (Wildman–Crippen LogP) is 5.36. The van der Waals surface area contributed by atoms with Crippen molar-refractivity contribution in [3.8, 4) is 10.6 Å². The normalized spacial score (nSPS) is 13.6. The van der Waals surface area contributed by atoms with Gasteiger partial charge in [-0.05, 0) is 37.5 Å². The van der Waals surface area contributed by atoms with Crippen LogP contribution in [0.1, 0.15) is 27.3 Å². The van der Waals surface area contributed by atoms with E-state index in [2.05, 4.69) is 11.1 Å². The van der Waals surface area contributed by atoms with Gasteiger partial charge in [-0.15, -0.1) is 11.3 Å². The topological polar surface area (TPSA) is 33.2 Å².